The van der Waals surface area contributed by atoms with E-state index in [4.69, 9.17) is 4.74 Å². The van der Waals surface area contributed by atoms with Gasteiger partial charge in [-0.25, -0.2) is 0 Å². The lowest BCUT2D eigenvalue weighted by atomic mass is 10.1. The monoisotopic (exact) mass is 187 g/mol. The lowest BCUT2D eigenvalue weighted by Gasteiger charge is -2.03. The summed E-state index contributed by atoms with van der Waals surface area (Å²) in [6.07, 6.45) is 2.32. The van der Waals surface area contributed by atoms with E-state index in [9.17, 15) is 4.79 Å². The van der Waals surface area contributed by atoms with Gasteiger partial charge in [0.15, 0.2) is 6.29 Å². The smallest absolute Gasteiger partial charge is 0.151 e. The molecule has 0 spiro atoms. The van der Waals surface area contributed by atoms with Crippen LogP contribution in [0.4, 0.5) is 0 Å². The van der Waals surface area contributed by atoms with Crippen LogP contribution in [0, 0.1) is 0 Å². The first-order valence-electron chi connectivity index (χ1n) is 4.23. The van der Waals surface area contributed by atoms with Crippen LogP contribution >= 0.6 is 0 Å². The van der Waals surface area contributed by atoms with Gasteiger partial charge < -0.3 is 4.74 Å². The van der Waals surface area contributed by atoms with Crippen LogP contribution < -0.4 is 4.74 Å². The fourth-order valence-electron chi connectivity index (χ4n) is 1.38. The highest BCUT2D eigenvalue weighted by Gasteiger charge is 2.02. The Kier molecular flexibility index (Phi) is 2.14. The molecule has 1 aromatic heterocycles. The molecule has 0 aliphatic rings. The Labute approximate surface area is 81.3 Å². The third-order valence-corrected chi connectivity index (χ3v) is 2.05. The molecule has 1 heterocycles. The van der Waals surface area contributed by atoms with Crippen LogP contribution in [0.25, 0.3) is 10.9 Å². The first-order chi connectivity index (χ1) is 6.85. The van der Waals surface area contributed by atoms with E-state index in [0.29, 0.717) is 5.56 Å². The molecule has 0 saturated carbocycles. The minimum atomic E-state index is 0.575. The van der Waals surface area contributed by atoms with Gasteiger partial charge in [-0.3, -0.25) is 9.78 Å². The van der Waals surface area contributed by atoms with Crippen LogP contribution in [0.3, 0.4) is 0 Å². The van der Waals surface area contributed by atoms with Gasteiger partial charge in [0.1, 0.15) is 11.3 Å². The van der Waals surface area contributed by atoms with E-state index < -0.39 is 0 Å². The van der Waals surface area contributed by atoms with Crippen molar-refractivity contribution in [2.75, 3.05) is 7.11 Å². The highest BCUT2D eigenvalue weighted by molar-refractivity contribution is 5.89. The number of pyridine rings is 1. The van der Waals surface area contributed by atoms with Gasteiger partial charge >= 0.3 is 0 Å². The number of fused-ring (bicyclic) bond motifs is 1. The maximum Gasteiger partial charge on any atom is 0.151 e. The molecular formula is C11H9NO2. The normalized spacial score (nSPS) is 10.1. The summed E-state index contributed by atoms with van der Waals surface area (Å²) in [5.41, 5.74) is 1.35. The van der Waals surface area contributed by atoms with E-state index in [2.05, 4.69) is 4.98 Å². The van der Waals surface area contributed by atoms with Crippen molar-refractivity contribution in [3.05, 3.63) is 36.0 Å². The standard InChI is InChI=1S/C11H9NO2/c1-14-10-4-2-3-9-5-8(7-13)6-12-11(9)10/h2-7H,1H3. The number of nitrogens with zero attached hydrogens (tertiary/aromatic N) is 1. The summed E-state index contributed by atoms with van der Waals surface area (Å²) >= 11 is 0. The van der Waals surface area contributed by atoms with Crippen LogP contribution in [-0.4, -0.2) is 18.4 Å². The molecule has 0 aliphatic heterocycles. The maximum absolute atomic E-state index is 10.5. The molecule has 70 valence electrons. The third-order valence-electron chi connectivity index (χ3n) is 2.05. The van der Waals surface area contributed by atoms with Gasteiger partial charge in [0.05, 0.1) is 7.11 Å². The molecule has 2 rings (SSSR count). The zero-order valence-corrected chi connectivity index (χ0v) is 7.73. The highest BCUT2D eigenvalue weighted by atomic mass is 16.5. The van der Waals surface area contributed by atoms with Gasteiger partial charge in [-0.2, -0.15) is 0 Å². The van der Waals surface area contributed by atoms with Crippen molar-refractivity contribution in [3.8, 4) is 5.75 Å². The van der Waals surface area contributed by atoms with Crippen molar-refractivity contribution >= 4 is 17.2 Å². The van der Waals surface area contributed by atoms with Crippen LogP contribution in [0.1, 0.15) is 10.4 Å². The van der Waals surface area contributed by atoms with Crippen molar-refractivity contribution in [2.45, 2.75) is 0 Å². The lowest BCUT2D eigenvalue weighted by molar-refractivity contribution is 0.112. The minimum absolute atomic E-state index is 0.575. The Hall–Kier alpha value is -1.90. The zero-order valence-electron chi connectivity index (χ0n) is 7.73. The quantitative estimate of drug-likeness (QED) is 0.675. The van der Waals surface area contributed by atoms with E-state index in [-0.39, 0.29) is 0 Å². The third kappa shape index (κ3) is 1.33. The Morgan fingerprint density at radius 2 is 2.29 bits per heavy atom. The van der Waals surface area contributed by atoms with E-state index in [1.54, 1.807) is 13.2 Å². The summed E-state index contributed by atoms with van der Waals surface area (Å²) in [6, 6.07) is 7.41. The number of aldehydes is 1. The number of carbonyl (C=O) groups is 1. The molecule has 0 atom stereocenters. The average Bonchev–Trinajstić information content (AvgIpc) is 2.27. The second kappa shape index (κ2) is 3.46. The Morgan fingerprint density at radius 3 is 3.00 bits per heavy atom. The Balaban J connectivity index is 2.73. The number of methoxy groups -OCH3 is 1. The van der Waals surface area contributed by atoms with Gasteiger partial charge in [-0.05, 0) is 12.1 Å². The molecule has 3 heteroatoms. The predicted octanol–water partition coefficient (Wildman–Crippen LogP) is 2.06. The first kappa shape index (κ1) is 8.69. The topological polar surface area (TPSA) is 39.2 Å². The molecule has 0 fully saturated rings. The summed E-state index contributed by atoms with van der Waals surface area (Å²) < 4.78 is 5.15. The number of rotatable bonds is 2. The van der Waals surface area contributed by atoms with E-state index in [0.717, 1.165) is 22.9 Å². The van der Waals surface area contributed by atoms with Crippen LogP contribution in [0.5, 0.6) is 5.75 Å². The fraction of sp³-hybridized carbons (Fsp3) is 0.0909. The van der Waals surface area contributed by atoms with Crippen molar-refractivity contribution in [2.24, 2.45) is 0 Å². The minimum Gasteiger partial charge on any atom is -0.494 e. The molecular weight excluding hydrogens is 178 g/mol. The Bertz CT molecular complexity index is 480. The van der Waals surface area contributed by atoms with Gasteiger partial charge in [0, 0.05) is 17.1 Å². The summed E-state index contributed by atoms with van der Waals surface area (Å²) in [4.78, 5) is 14.7. The molecule has 0 saturated heterocycles. The maximum atomic E-state index is 10.5. The molecule has 0 bridgehead atoms. The molecule has 0 aliphatic carbocycles. The summed E-state index contributed by atoms with van der Waals surface area (Å²) in [6.45, 7) is 0. The van der Waals surface area contributed by atoms with Crippen LogP contribution in [0.2, 0.25) is 0 Å². The van der Waals surface area contributed by atoms with Gasteiger partial charge in [0.2, 0.25) is 0 Å². The largest absolute Gasteiger partial charge is 0.494 e. The average molecular weight is 187 g/mol. The van der Waals surface area contributed by atoms with Crippen molar-refractivity contribution in [1.29, 1.82) is 0 Å². The molecule has 3 nitrogen and oxygen atoms in total. The molecule has 2 aromatic rings. The number of aromatic nitrogens is 1. The van der Waals surface area contributed by atoms with Crippen LogP contribution in [0.15, 0.2) is 30.5 Å². The molecule has 0 amide bonds. The lowest BCUT2D eigenvalue weighted by Crippen LogP contribution is -1.89. The number of carbonyl (C=O) groups excluding carboxylic acids is 1. The summed E-state index contributed by atoms with van der Waals surface area (Å²) in [7, 11) is 1.60. The van der Waals surface area contributed by atoms with E-state index in [1.165, 1.54) is 6.20 Å². The Morgan fingerprint density at radius 1 is 1.43 bits per heavy atom. The van der Waals surface area contributed by atoms with E-state index in [1.807, 2.05) is 18.2 Å². The number of benzene rings is 1. The second-order valence-electron chi connectivity index (χ2n) is 2.92. The predicted molar refractivity (Wildman–Crippen MR) is 53.7 cm³/mol. The molecule has 14 heavy (non-hydrogen) atoms. The SMILES string of the molecule is COc1cccc2cc(C=O)cnc12. The molecule has 1 aromatic carbocycles. The van der Waals surface area contributed by atoms with Gasteiger partial charge in [0.25, 0.3) is 0 Å². The summed E-state index contributed by atoms with van der Waals surface area (Å²) in [5, 5.41) is 0.911. The number of hydrogen-bond donors (Lipinski definition) is 0. The number of hydrogen-bond acceptors (Lipinski definition) is 3. The number of ether oxygens (including phenoxy) is 1. The van der Waals surface area contributed by atoms with Crippen LogP contribution in [-0.2, 0) is 0 Å². The fourth-order valence-corrected chi connectivity index (χ4v) is 1.38. The van der Waals surface area contributed by atoms with Crippen molar-refractivity contribution < 1.29 is 9.53 Å². The molecule has 0 unspecified atom stereocenters. The number of para-hydroxylation sites is 1. The van der Waals surface area contributed by atoms with Gasteiger partial charge in [-0.1, -0.05) is 12.1 Å². The summed E-state index contributed by atoms with van der Waals surface area (Å²) in [5.74, 6) is 0.722. The van der Waals surface area contributed by atoms with Crippen molar-refractivity contribution in [1.82, 2.24) is 4.98 Å². The van der Waals surface area contributed by atoms with Crippen molar-refractivity contribution in [3.63, 3.8) is 0 Å². The first-order valence-corrected chi connectivity index (χ1v) is 4.23. The van der Waals surface area contributed by atoms with Gasteiger partial charge in [-0.15, -0.1) is 0 Å². The highest BCUT2D eigenvalue weighted by Crippen LogP contribution is 2.22. The van der Waals surface area contributed by atoms with E-state index >= 15 is 0 Å². The second-order valence-corrected chi connectivity index (χ2v) is 2.92. The molecule has 0 N–H and O–H groups in total. The zero-order chi connectivity index (χ0) is 9.97. The molecule has 0 radical (unpaired) electrons.